The van der Waals surface area contributed by atoms with Gasteiger partial charge in [-0.15, -0.1) is 0 Å². The molecule has 1 rings (SSSR count). The van der Waals surface area contributed by atoms with Crippen LogP contribution in [-0.2, 0) is 0 Å². The molecule has 1 aromatic carbocycles. The number of ether oxygens (including phenoxy) is 1. The molecule has 0 amide bonds. The molecule has 1 unspecified atom stereocenters. The van der Waals surface area contributed by atoms with Crippen LogP contribution in [-0.4, -0.2) is 18.8 Å². The second-order valence-electron chi connectivity index (χ2n) is 3.30. The van der Waals surface area contributed by atoms with Crippen LogP contribution >= 0.6 is 0 Å². The van der Waals surface area contributed by atoms with Crippen molar-refractivity contribution in [1.82, 2.24) is 0 Å². The Morgan fingerprint density at radius 1 is 1.24 bits per heavy atom. The molecule has 0 radical (unpaired) electrons. The minimum Gasteiger partial charge on any atom is -0.478 e. The van der Waals surface area contributed by atoms with Gasteiger partial charge in [0.2, 0.25) is 0 Å². The van der Waals surface area contributed by atoms with Crippen molar-refractivity contribution in [1.29, 1.82) is 0 Å². The lowest BCUT2D eigenvalue weighted by atomic mass is 10.2. The van der Waals surface area contributed by atoms with Crippen LogP contribution in [0.3, 0.4) is 0 Å². The fourth-order valence-electron chi connectivity index (χ4n) is 1.16. The van der Waals surface area contributed by atoms with E-state index in [1.807, 2.05) is 0 Å². The van der Waals surface area contributed by atoms with Crippen LogP contribution < -0.4 is 10.5 Å². The van der Waals surface area contributed by atoms with Gasteiger partial charge in [-0.2, -0.15) is 13.2 Å². The lowest BCUT2D eigenvalue weighted by molar-refractivity contribution is -0.196. The van der Waals surface area contributed by atoms with Crippen molar-refractivity contribution >= 4 is 0 Å². The Balaban J connectivity index is 2.86. The van der Waals surface area contributed by atoms with Crippen LogP contribution in [0.15, 0.2) is 18.2 Å². The lowest BCUT2D eigenvalue weighted by Gasteiger charge is -2.21. The smallest absolute Gasteiger partial charge is 0.425 e. The average molecular weight is 255 g/mol. The highest BCUT2D eigenvalue weighted by Gasteiger charge is 2.41. The molecule has 0 aliphatic rings. The Hall–Kier alpha value is -1.37. The van der Waals surface area contributed by atoms with Gasteiger partial charge in [-0.05, 0) is 18.7 Å². The standard InChI is InChI=1S/C10H10F5NO/c11-6-1-2-8(7(12)5-6)17-9(3-4-16)10(13,14)15/h1-2,5,9H,3-4,16H2. The second-order valence-corrected chi connectivity index (χ2v) is 3.30. The molecule has 1 atom stereocenters. The number of hydrogen-bond acceptors (Lipinski definition) is 2. The normalized spacial score (nSPS) is 13.5. The number of hydrogen-bond donors (Lipinski definition) is 1. The maximum Gasteiger partial charge on any atom is 0.425 e. The maximum atomic E-state index is 13.1. The van der Waals surface area contributed by atoms with E-state index in [4.69, 9.17) is 5.73 Å². The number of rotatable bonds is 4. The Morgan fingerprint density at radius 2 is 1.88 bits per heavy atom. The van der Waals surface area contributed by atoms with Gasteiger partial charge in [0.25, 0.3) is 0 Å². The van der Waals surface area contributed by atoms with Gasteiger partial charge < -0.3 is 10.5 Å². The summed E-state index contributed by atoms with van der Waals surface area (Å²) in [7, 11) is 0. The molecule has 0 aromatic heterocycles. The van der Waals surface area contributed by atoms with Crippen LogP contribution in [0.4, 0.5) is 22.0 Å². The van der Waals surface area contributed by atoms with Gasteiger partial charge >= 0.3 is 6.18 Å². The number of halogens is 5. The largest absolute Gasteiger partial charge is 0.478 e. The summed E-state index contributed by atoms with van der Waals surface area (Å²) in [6.45, 7) is -0.257. The molecule has 2 N–H and O–H groups in total. The van der Waals surface area contributed by atoms with Crippen molar-refractivity contribution in [3.8, 4) is 5.75 Å². The van der Waals surface area contributed by atoms with Gasteiger partial charge in [0, 0.05) is 12.5 Å². The quantitative estimate of drug-likeness (QED) is 0.839. The monoisotopic (exact) mass is 255 g/mol. The molecule has 17 heavy (non-hydrogen) atoms. The third kappa shape index (κ3) is 3.85. The average Bonchev–Trinajstić information content (AvgIpc) is 2.19. The van der Waals surface area contributed by atoms with Gasteiger partial charge in [-0.3, -0.25) is 0 Å². The van der Waals surface area contributed by atoms with Gasteiger partial charge in [0.15, 0.2) is 17.7 Å². The molecule has 0 bridgehead atoms. The predicted octanol–water partition coefficient (Wildman–Crippen LogP) is 2.62. The summed E-state index contributed by atoms with van der Waals surface area (Å²) in [5, 5.41) is 0. The van der Waals surface area contributed by atoms with Crippen LogP contribution in [0.1, 0.15) is 6.42 Å². The molecule has 0 spiro atoms. The fraction of sp³-hybridized carbons (Fsp3) is 0.400. The van der Waals surface area contributed by atoms with E-state index in [-0.39, 0.29) is 6.54 Å². The number of nitrogens with two attached hydrogens (primary N) is 1. The molecular formula is C10H10F5NO. The molecule has 0 fully saturated rings. The van der Waals surface area contributed by atoms with E-state index in [9.17, 15) is 22.0 Å². The molecule has 2 nitrogen and oxygen atoms in total. The molecule has 0 heterocycles. The zero-order valence-corrected chi connectivity index (χ0v) is 8.60. The van der Waals surface area contributed by atoms with Gasteiger partial charge in [0.05, 0.1) is 0 Å². The van der Waals surface area contributed by atoms with E-state index in [2.05, 4.69) is 4.74 Å². The van der Waals surface area contributed by atoms with Crippen molar-refractivity contribution in [2.24, 2.45) is 5.73 Å². The van der Waals surface area contributed by atoms with Gasteiger partial charge in [0.1, 0.15) is 5.82 Å². The maximum absolute atomic E-state index is 13.1. The summed E-state index contributed by atoms with van der Waals surface area (Å²) >= 11 is 0. The molecule has 0 aliphatic heterocycles. The zero-order valence-electron chi connectivity index (χ0n) is 8.60. The molecule has 0 aliphatic carbocycles. The fourth-order valence-corrected chi connectivity index (χ4v) is 1.16. The summed E-state index contributed by atoms with van der Waals surface area (Å²) in [5.74, 6) is -2.73. The first-order valence-corrected chi connectivity index (χ1v) is 4.73. The first kappa shape index (κ1) is 13.7. The topological polar surface area (TPSA) is 35.2 Å². The third-order valence-corrected chi connectivity index (χ3v) is 1.96. The van der Waals surface area contributed by atoms with Crippen LogP contribution in [0, 0.1) is 11.6 Å². The summed E-state index contributed by atoms with van der Waals surface area (Å²) in [6, 6.07) is 2.07. The van der Waals surface area contributed by atoms with Crippen LogP contribution in [0.2, 0.25) is 0 Å². The Kier molecular flexibility index (Phi) is 4.28. The second kappa shape index (κ2) is 5.31. The Labute approximate surface area is 94.2 Å². The minimum atomic E-state index is -4.65. The Morgan fingerprint density at radius 3 is 2.35 bits per heavy atom. The van der Waals surface area contributed by atoms with E-state index >= 15 is 0 Å². The van der Waals surface area contributed by atoms with Gasteiger partial charge in [-0.1, -0.05) is 0 Å². The molecule has 0 saturated heterocycles. The lowest BCUT2D eigenvalue weighted by Crippen LogP contribution is -2.36. The summed E-state index contributed by atoms with van der Waals surface area (Å²) < 4.78 is 67.3. The van der Waals surface area contributed by atoms with Crippen molar-refractivity contribution in [2.75, 3.05) is 6.54 Å². The van der Waals surface area contributed by atoms with Crippen molar-refractivity contribution < 1.29 is 26.7 Å². The number of alkyl halides is 3. The molecule has 1 aromatic rings. The van der Waals surface area contributed by atoms with E-state index < -0.39 is 36.1 Å². The Bertz CT molecular complexity index is 379. The first-order valence-electron chi connectivity index (χ1n) is 4.73. The molecule has 96 valence electrons. The van der Waals surface area contributed by atoms with E-state index in [1.54, 1.807) is 0 Å². The third-order valence-electron chi connectivity index (χ3n) is 1.96. The van der Waals surface area contributed by atoms with E-state index in [1.165, 1.54) is 0 Å². The molecular weight excluding hydrogens is 245 g/mol. The highest BCUT2D eigenvalue weighted by molar-refractivity contribution is 5.25. The molecule has 7 heteroatoms. The zero-order chi connectivity index (χ0) is 13.1. The highest BCUT2D eigenvalue weighted by atomic mass is 19.4. The van der Waals surface area contributed by atoms with Crippen molar-refractivity contribution in [3.63, 3.8) is 0 Å². The number of benzene rings is 1. The van der Waals surface area contributed by atoms with E-state index in [0.29, 0.717) is 6.07 Å². The van der Waals surface area contributed by atoms with E-state index in [0.717, 1.165) is 12.1 Å². The van der Waals surface area contributed by atoms with Gasteiger partial charge in [-0.25, -0.2) is 8.78 Å². The van der Waals surface area contributed by atoms with Crippen LogP contribution in [0.25, 0.3) is 0 Å². The molecule has 0 saturated carbocycles. The van der Waals surface area contributed by atoms with Crippen molar-refractivity contribution in [3.05, 3.63) is 29.8 Å². The summed E-state index contributed by atoms with van der Waals surface area (Å²) in [4.78, 5) is 0. The summed E-state index contributed by atoms with van der Waals surface area (Å²) in [5.41, 5.74) is 5.01. The first-order chi connectivity index (χ1) is 7.84. The van der Waals surface area contributed by atoms with Crippen molar-refractivity contribution in [2.45, 2.75) is 18.7 Å². The minimum absolute atomic E-state index is 0.257. The summed E-state index contributed by atoms with van der Waals surface area (Å²) in [6.07, 6.45) is -7.35. The predicted molar refractivity (Wildman–Crippen MR) is 50.5 cm³/mol. The highest BCUT2D eigenvalue weighted by Crippen LogP contribution is 2.28. The SMILES string of the molecule is NCCC(Oc1ccc(F)cc1F)C(F)(F)F. The van der Waals surface area contributed by atoms with Crippen LogP contribution in [0.5, 0.6) is 5.75 Å².